The van der Waals surface area contributed by atoms with Gasteiger partial charge >= 0.3 is 12.0 Å². The molecule has 0 spiro atoms. The quantitative estimate of drug-likeness (QED) is 0.569. The zero-order valence-electron chi connectivity index (χ0n) is 17.2. The van der Waals surface area contributed by atoms with Gasteiger partial charge < -0.3 is 19.7 Å². The van der Waals surface area contributed by atoms with Crippen LogP contribution in [0.25, 0.3) is 0 Å². The number of urea groups is 1. The molecule has 1 N–H and O–H groups in total. The maximum atomic E-state index is 12.7. The molecule has 0 atom stereocenters. The van der Waals surface area contributed by atoms with Crippen LogP contribution in [-0.2, 0) is 24.8 Å². The van der Waals surface area contributed by atoms with E-state index in [0.717, 1.165) is 29.8 Å². The monoisotopic (exact) mass is 400 g/mol. The number of hydrogen-bond acceptors (Lipinski definition) is 5. The minimum Gasteiger partial charge on any atom is -0.494 e. The summed E-state index contributed by atoms with van der Waals surface area (Å²) in [5.74, 6) is 0.332. The molecule has 0 saturated heterocycles. The van der Waals surface area contributed by atoms with E-state index in [2.05, 4.69) is 17.3 Å². The number of carbonyl (C=O) groups excluding carboxylic acids is 2. The lowest BCUT2D eigenvalue weighted by atomic mass is 10.1. The number of aromatic nitrogens is 2. The summed E-state index contributed by atoms with van der Waals surface area (Å²) in [4.78, 5) is 26.6. The Morgan fingerprint density at radius 2 is 1.97 bits per heavy atom. The van der Waals surface area contributed by atoms with Gasteiger partial charge in [0.1, 0.15) is 5.75 Å². The predicted molar refractivity (Wildman–Crippen MR) is 109 cm³/mol. The largest absolute Gasteiger partial charge is 0.494 e. The molecule has 29 heavy (non-hydrogen) atoms. The Morgan fingerprint density at radius 3 is 2.66 bits per heavy atom. The Hall–Kier alpha value is -3.03. The van der Waals surface area contributed by atoms with Crippen molar-refractivity contribution in [1.82, 2.24) is 14.7 Å². The summed E-state index contributed by atoms with van der Waals surface area (Å²) < 4.78 is 12.4. The highest BCUT2D eigenvalue weighted by Gasteiger charge is 2.29. The fraction of sp³-hybridized carbons (Fsp3) is 0.476. The summed E-state index contributed by atoms with van der Waals surface area (Å²) in [7, 11) is 1.81. The van der Waals surface area contributed by atoms with E-state index in [1.807, 2.05) is 24.3 Å². The molecule has 2 heterocycles. The van der Waals surface area contributed by atoms with Crippen molar-refractivity contribution in [2.24, 2.45) is 7.05 Å². The second-order valence-electron chi connectivity index (χ2n) is 6.95. The summed E-state index contributed by atoms with van der Waals surface area (Å²) in [6, 6.07) is 7.12. The molecule has 0 saturated carbocycles. The number of esters is 1. The summed E-state index contributed by atoms with van der Waals surface area (Å²) in [5.41, 5.74) is 2.70. The minimum absolute atomic E-state index is 0.214. The van der Waals surface area contributed by atoms with Gasteiger partial charge in [0, 0.05) is 37.0 Å². The maximum Gasteiger partial charge on any atom is 0.359 e. The van der Waals surface area contributed by atoms with Crippen molar-refractivity contribution < 1.29 is 19.1 Å². The van der Waals surface area contributed by atoms with Crippen LogP contribution < -0.4 is 10.1 Å². The van der Waals surface area contributed by atoms with Crippen LogP contribution in [0.1, 0.15) is 48.4 Å². The number of carbonyl (C=O) groups is 2. The highest BCUT2D eigenvalue weighted by molar-refractivity contribution is 5.91. The number of rotatable bonds is 7. The number of nitrogens with one attached hydrogen (secondary N) is 1. The number of ether oxygens (including phenoxy) is 2. The third-order valence-corrected chi connectivity index (χ3v) is 4.87. The highest BCUT2D eigenvalue weighted by Crippen LogP contribution is 2.24. The van der Waals surface area contributed by atoms with Crippen molar-refractivity contribution in [2.75, 3.05) is 25.1 Å². The van der Waals surface area contributed by atoms with Crippen LogP contribution >= 0.6 is 0 Å². The normalized spacial score (nSPS) is 13.0. The standard InChI is InChI=1S/C21H28N4O4/c1-4-6-13-29-16-9-7-15(8-10-16)22-21(27)25-12-11-18-17(14-25)19(23-24(18)3)20(26)28-5-2/h7-10H,4-6,11-14H2,1-3H3,(H,22,27). The first-order valence-corrected chi connectivity index (χ1v) is 10.0. The van der Waals surface area contributed by atoms with Crippen LogP contribution in [0, 0.1) is 0 Å². The highest BCUT2D eigenvalue weighted by atomic mass is 16.5. The zero-order valence-corrected chi connectivity index (χ0v) is 17.2. The summed E-state index contributed by atoms with van der Waals surface area (Å²) >= 11 is 0. The lowest BCUT2D eigenvalue weighted by Gasteiger charge is -2.27. The van der Waals surface area contributed by atoms with Gasteiger partial charge in [0.05, 0.1) is 19.8 Å². The molecule has 0 fully saturated rings. The Labute approximate surface area is 170 Å². The first-order chi connectivity index (χ1) is 14.0. The number of hydrogen-bond donors (Lipinski definition) is 1. The van der Waals surface area contributed by atoms with E-state index in [4.69, 9.17) is 9.47 Å². The van der Waals surface area contributed by atoms with Gasteiger partial charge in [-0.1, -0.05) is 13.3 Å². The van der Waals surface area contributed by atoms with Crippen LogP contribution in [0.2, 0.25) is 0 Å². The molecule has 8 nitrogen and oxygen atoms in total. The molecule has 2 amide bonds. The molecule has 1 aromatic carbocycles. The molecule has 0 bridgehead atoms. The number of aryl methyl sites for hydroxylation is 1. The summed E-state index contributed by atoms with van der Waals surface area (Å²) in [5, 5.41) is 7.20. The zero-order chi connectivity index (χ0) is 20.8. The molecule has 3 rings (SSSR count). The smallest absolute Gasteiger partial charge is 0.359 e. The maximum absolute atomic E-state index is 12.7. The van der Waals surface area contributed by atoms with Crippen LogP contribution in [0.3, 0.4) is 0 Å². The molecular formula is C21H28N4O4. The van der Waals surface area contributed by atoms with E-state index in [9.17, 15) is 9.59 Å². The Kier molecular flexibility index (Phi) is 6.74. The van der Waals surface area contributed by atoms with E-state index < -0.39 is 5.97 Å². The molecule has 156 valence electrons. The Bertz CT molecular complexity index is 860. The van der Waals surface area contributed by atoms with Crippen molar-refractivity contribution >= 4 is 17.7 Å². The van der Waals surface area contributed by atoms with Gasteiger partial charge in [-0.15, -0.1) is 0 Å². The number of anilines is 1. The van der Waals surface area contributed by atoms with Gasteiger partial charge in [0.2, 0.25) is 0 Å². The number of nitrogens with zero attached hydrogens (tertiary/aromatic N) is 3. The second-order valence-corrected chi connectivity index (χ2v) is 6.95. The van der Waals surface area contributed by atoms with Crippen LogP contribution in [0.4, 0.5) is 10.5 Å². The minimum atomic E-state index is -0.453. The Morgan fingerprint density at radius 1 is 1.21 bits per heavy atom. The lowest BCUT2D eigenvalue weighted by molar-refractivity contribution is 0.0516. The summed E-state index contributed by atoms with van der Waals surface area (Å²) in [6.07, 6.45) is 2.73. The van der Waals surface area contributed by atoms with Crippen LogP contribution in [0.15, 0.2) is 24.3 Å². The average Bonchev–Trinajstić information content (AvgIpc) is 3.06. The van der Waals surface area contributed by atoms with Crippen LogP contribution in [-0.4, -0.2) is 46.4 Å². The molecular weight excluding hydrogens is 372 g/mol. The topological polar surface area (TPSA) is 85.7 Å². The third-order valence-electron chi connectivity index (χ3n) is 4.87. The van der Waals surface area contributed by atoms with Gasteiger partial charge in [-0.2, -0.15) is 5.10 Å². The van der Waals surface area contributed by atoms with Crippen molar-refractivity contribution in [3.8, 4) is 5.75 Å². The van der Waals surface area contributed by atoms with Crippen molar-refractivity contribution in [3.05, 3.63) is 41.2 Å². The van der Waals surface area contributed by atoms with Crippen molar-refractivity contribution in [2.45, 2.75) is 39.7 Å². The van der Waals surface area contributed by atoms with Crippen molar-refractivity contribution in [1.29, 1.82) is 0 Å². The number of amides is 2. The molecule has 2 aromatic rings. The van der Waals surface area contributed by atoms with Gasteiger partial charge in [-0.3, -0.25) is 4.68 Å². The number of fused-ring (bicyclic) bond motifs is 1. The van der Waals surface area contributed by atoms with E-state index in [1.54, 1.807) is 23.6 Å². The third kappa shape index (κ3) is 4.88. The van der Waals surface area contributed by atoms with Gasteiger partial charge in [0.25, 0.3) is 0 Å². The first-order valence-electron chi connectivity index (χ1n) is 10.0. The molecule has 0 unspecified atom stereocenters. The van der Waals surface area contributed by atoms with Gasteiger partial charge in [0.15, 0.2) is 5.69 Å². The van der Waals surface area contributed by atoms with Gasteiger partial charge in [-0.05, 0) is 37.6 Å². The lowest BCUT2D eigenvalue weighted by Crippen LogP contribution is -2.39. The van der Waals surface area contributed by atoms with E-state index in [-0.39, 0.29) is 18.3 Å². The first kappa shape index (κ1) is 20.7. The predicted octanol–water partition coefficient (Wildman–Crippen LogP) is 3.37. The molecule has 1 aromatic heterocycles. The number of benzene rings is 1. The fourth-order valence-corrected chi connectivity index (χ4v) is 3.30. The van der Waals surface area contributed by atoms with Crippen molar-refractivity contribution in [3.63, 3.8) is 0 Å². The average molecular weight is 400 g/mol. The fourth-order valence-electron chi connectivity index (χ4n) is 3.30. The van der Waals surface area contributed by atoms with E-state index in [1.165, 1.54) is 0 Å². The number of unbranched alkanes of at least 4 members (excludes halogenated alkanes) is 1. The molecule has 1 aliphatic heterocycles. The molecule has 0 aliphatic carbocycles. The molecule has 0 radical (unpaired) electrons. The van der Waals surface area contributed by atoms with Crippen LogP contribution in [0.5, 0.6) is 5.75 Å². The van der Waals surface area contributed by atoms with E-state index in [0.29, 0.717) is 31.8 Å². The Balaban J connectivity index is 1.64. The second kappa shape index (κ2) is 9.45. The van der Waals surface area contributed by atoms with Gasteiger partial charge in [-0.25, -0.2) is 9.59 Å². The molecule has 1 aliphatic rings. The molecule has 8 heteroatoms. The SMILES string of the molecule is CCCCOc1ccc(NC(=O)N2CCc3c(c(C(=O)OCC)nn3C)C2)cc1. The summed E-state index contributed by atoms with van der Waals surface area (Å²) in [6.45, 7) is 5.72. The van der Waals surface area contributed by atoms with E-state index >= 15 is 0 Å².